The molecule has 1 aliphatic heterocycles. The molecule has 1 aromatic rings. The van der Waals surface area contributed by atoms with Gasteiger partial charge in [0.25, 0.3) is 0 Å². The van der Waals surface area contributed by atoms with Crippen LogP contribution in [-0.2, 0) is 11.2 Å². The summed E-state index contributed by atoms with van der Waals surface area (Å²) in [4.78, 5) is 21.1. The number of rotatable bonds is 5. The highest BCUT2D eigenvalue weighted by atomic mass is 16.2. The Kier molecular flexibility index (Phi) is 4.59. The highest BCUT2D eigenvalue weighted by Gasteiger charge is 2.15. The smallest absolute Gasteiger partial charge is 0.222 e. The molecule has 1 aliphatic rings. The molecule has 2 heterocycles. The second-order valence-corrected chi connectivity index (χ2v) is 4.68. The van der Waals surface area contributed by atoms with Crippen molar-refractivity contribution in [1.29, 1.82) is 0 Å². The van der Waals surface area contributed by atoms with Crippen LogP contribution in [0.2, 0.25) is 0 Å². The average Bonchev–Trinajstić information content (AvgIpc) is 2.88. The van der Waals surface area contributed by atoms with E-state index in [1.165, 1.54) is 19.3 Å². The molecule has 17 heavy (non-hydrogen) atoms. The predicted molar refractivity (Wildman–Crippen MR) is 66.6 cm³/mol. The number of unbranched alkanes of at least 4 members (excludes halogenated alkanes) is 1. The highest BCUT2D eigenvalue weighted by molar-refractivity contribution is 5.76. The van der Waals surface area contributed by atoms with Gasteiger partial charge in [-0.2, -0.15) is 0 Å². The number of likely N-dealkylation sites (tertiary alicyclic amines) is 1. The lowest BCUT2D eigenvalue weighted by atomic mass is 10.1. The second-order valence-electron chi connectivity index (χ2n) is 4.68. The minimum atomic E-state index is 0.337. The number of amides is 1. The van der Waals surface area contributed by atoms with Gasteiger partial charge in [-0.25, -0.2) is 4.98 Å². The molecule has 94 valence electrons. The van der Waals surface area contributed by atoms with Crippen molar-refractivity contribution in [1.82, 2.24) is 14.9 Å². The first-order chi connectivity index (χ1) is 8.36. The predicted octanol–water partition coefficient (Wildman–Crippen LogP) is 2.13. The molecular weight excluding hydrogens is 214 g/mol. The van der Waals surface area contributed by atoms with E-state index in [2.05, 4.69) is 9.97 Å². The number of imidazole rings is 1. The van der Waals surface area contributed by atoms with Crippen molar-refractivity contribution in [3.63, 3.8) is 0 Å². The first-order valence-electron chi connectivity index (χ1n) is 6.62. The van der Waals surface area contributed by atoms with Crippen molar-refractivity contribution in [2.24, 2.45) is 0 Å². The zero-order chi connectivity index (χ0) is 11.9. The molecule has 0 saturated carbocycles. The number of aromatic amines is 1. The van der Waals surface area contributed by atoms with Crippen LogP contribution >= 0.6 is 0 Å². The summed E-state index contributed by atoms with van der Waals surface area (Å²) in [6.45, 7) is 1.94. The number of nitrogens with zero attached hydrogens (tertiary/aromatic N) is 2. The minimum absolute atomic E-state index is 0.337. The molecule has 0 aliphatic carbocycles. The van der Waals surface area contributed by atoms with Gasteiger partial charge in [-0.05, 0) is 32.1 Å². The molecule has 4 nitrogen and oxygen atoms in total. The lowest BCUT2D eigenvalue weighted by molar-refractivity contribution is -0.132. The van der Waals surface area contributed by atoms with Gasteiger partial charge in [-0.1, -0.05) is 0 Å². The van der Waals surface area contributed by atoms with Crippen LogP contribution < -0.4 is 0 Å². The van der Waals surface area contributed by atoms with Crippen LogP contribution in [0.4, 0.5) is 0 Å². The summed E-state index contributed by atoms with van der Waals surface area (Å²) >= 11 is 0. The summed E-state index contributed by atoms with van der Waals surface area (Å²) in [7, 11) is 0. The number of piperidine rings is 1. The maximum absolute atomic E-state index is 11.9. The van der Waals surface area contributed by atoms with Crippen LogP contribution in [-0.4, -0.2) is 33.9 Å². The van der Waals surface area contributed by atoms with Gasteiger partial charge in [0.05, 0.1) is 0 Å². The van der Waals surface area contributed by atoms with Crippen LogP contribution in [0.5, 0.6) is 0 Å². The third kappa shape index (κ3) is 3.88. The monoisotopic (exact) mass is 235 g/mol. The number of hydrogen-bond acceptors (Lipinski definition) is 2. The Labute approximate surface area is 102 Å². The van der Waals surface area contributed by atoms with Gasteiger partial charge in [-0.15, -0.1) is 0 Å². The molecular formula is C13H21N3O. The standard InChI is InChI=1S/C13H21N3O/c17-13(16-10-4-1-5-11-16)7-3-2-6-12-14-8-9-15-12/h8-9H,1-7,10-11H2,(H,14,15). The molecule has 0 bridgehead atoms. The minimum Gasteiger partial charge on any atom is -0.349 e. The van der Waals surface area contributed by atoms with Crippen LogP contribution in [0.25, 0.3) is 0 Å². The molecule has 4 heteroatoms. The summed E-state index contributed by atoms with van der Waals surface area (Å²) < 4.78 is 0. The number of carbonyl (C=O) groups is 1. The van der Waals surface area contributed by atoms with E-state index in [1.54, 1.807) is 6.20 Å². The van der Waals surface area contributed by atoms with E-state index in [9.17, 15) is 4.79 Å². The number of hydrogen-bond donors (Lipinski definition) is 1. The van der Waals surface area contributed by atoms with E-state index < -0.39 is 0 Å². The molecule has 0 radical (unpaired) electrons. The quantitative estimate of drug-likeness (QED) is 0.795. The molecule has 1 N–H and O–H groups in total. The summed E-state index contributed by atoms with van der Waals surface area (Å²) in [5.41, 5.74) is 0. The molecule has 0 spiro atoms. The van der Waals surface area contributed by atoms with Crippen molar-refractivity contribution in [2.75, 3.05) is 13.1 Å². The normalized spacial score (nSPS) is 16.1. The highest BCUT2D eigenvalue weighted by Crippen LogP contribution is 2.11. The summed E-state index contributed by atoms with van der Waals surface area (Å²) in [6, 6.07) is 0. The first kappa shape index (κ1) is 12.1. The Hall–Kier alpha value is -1.32. The number of H-pyrrole nitrogens is 1. The molecule has 1 saturated heterocycles. The average molecular weight is 235 g/mol. The van der Waals surface area contributed by atoms with E-state index in [4.69, 9.17) is 0 Å². The Morgan fingerprint density at radius 1 is 1.29 bits per heavy atom. The van der Waals surface area contributed by atoms with E-state index in [0.717, 1.165) is 38.2 Å². The van der Waals surface area contributed by atoms with Crippen molar-refractivity contribution >= 4 is 5.91 Å². The van der Waals surface area contributed by atoms with Gasteiger partial charge in [-0.3, -0.25) is 4.79 Å². The largest absolute Gasteiger partial charge is 0.349 e. The van der Waals surface area contributed by atoms with E-state index in [-0.39, 0.29) is 0 Å². The van der Waals surface area contributed by atoms with Gasteiger partial charge < -0.3 is 9.88 Å². The van der Waals surface area contributed by atoms with Crippen molar-refractivity contribution in [3.05, 3.63) is 18.2 Å². The zero-order valence-electron chi connectivity index (χ0n) is 10.3. The van der Waals surface area contributed by atoms with E-state index in [1.807, 2.05) is 11.1 Å². The van der Waals surface area contributed by atoms with Crippen molar-refractivity contribution in [3.8, 4) is 0 Å². The van der Waals surface area contributed by atoms with Gasteiger partial charge in [0.2, 0.25) is 5.91 Å². The Bertz CT molecular complexity index is 328. The number of aryl methyl sites for hydroxylation is 1. The number of nitrogens with one attached hydrogen (secondary N) is 1. The van der Waals surface area contributed by atoms with Gasteiger partial charge in [0.15, 0.2) is 0 Å². The Morgan fingerprint density at radius 3 is 2.82 bits per heavy atom. The molecule has 0 aromatic carbocycles. The fourth-order valence-electron chi connectivity index (χ4n) is 2.30. The molecule has 0 atom stereocenters. The summed E-state index contributed by atoms with van der Waals surface area (Å²) in [5.74, 6) is 1.36. The first-order valence-corrected chi connectivity index (χ1v) is 6.62. The van der Waals surface area contributed by atoms with Gasteiger partial charge >= 0.3 is 0 Å². The lowest BCUT2D eigenvalue weighted by Crippen LogP contribution is -2.35. The zero-order valence-corrected chi connectivity index (χ0v) is 10.3. The second kappa shape index (κ2) is 6.42. The molecule has 1 fully saturated rings. The van der Waals surface area contributed by atoms with Crippen LogP contribution in [0, 0.1) is 0 Å². The Balaban J connectivity index is 1.59. The SMILES string of the molecule is O=C(CCCCc1ncc[nH]1)N1CCCCC1. The van der Waals surface area contributed by atoms with Crippen LogP contribution in [0.15, 0.2) is 12.4 Å². The fourth-order valence-corrected chi connectivity index (χ4v) is 2.30. The maximum Gasteiger partial charge on any atom is 0.222 e. The topological polar surface area (TPSA) is 49.0 Å². The molecule has 0 unspecified atom stereocenters. The summed E-state index contributed by atoms with van der Waals surface area (Å²) in [5, 5.41) is 0. The van der Waals surface area contributed by atoms with E-state index >= 15 is 0 Å². The Morgan fingerprint density at radius 2 is 2.12 bits per heavy atom. The van der Waals surface area contributed by atoms with Crippen molar-refractivity contribution in [2.45, 2.75) is 44.9 Å². The maximum atomic E-state index is 11.9. The number of aromatic nitrogens is 2. The lowest BCUT2D eigenvalue weighted by Gasteiger charge is -2.26. The third-order valence-electron chi connectivity index (χ3n) is 3.32. The fraction of sp³-hybridized carbons (Fsp3) is 0.692. The van der Waals surface area contributed by atoms with Crippen LogP contribution in [0.3, 0.4) is 0 Å². The number of carbonyl (C=O) groups excluding carboxylic acids is 1. The van der Waals surface area contributed by atoms with Crippen LogP contribution in [0.1, 0.15) is 44.3 Å². The third-order valence-corrected chi connectivity index (χ3v) is 3.32. The molecule has 2 rings (SSSR count). The van der Waals surface area contributed by atoms with Gasteiger partial charge in [0.1, 0.15) is 5.82 Å². The van der Waals surface area contributed by atoms with Gasteiger partial charge in [0, 0.05) is 38.3 Å². The summed E-state index contributed by atoms with van der Waals surface area (Å²) in [6.07, 6.45) is 10.9. The van der Waals surface area contributed by atoms with E-state index in [0.29, 0.717) is 12.3 Å². The molecule has 1 aromatic heterocycles. The van der Waals surface area contributed by atoms with Crippen molar-refractivity contribution < 1.29 is 4.79 Å². The molecule has 1 amide bonds.